The predicted molar refractivity (Wildman–Crippen MR) is 72.5 cm³/mol. The number of rotatable bonds is 2. The zero-order valence-corrected chi connectivity index (χ0v) is 10.7. The predicted octanol–water partition coefficient (Wildman–Crippen LogP) is 3.95. The molecule has 0 spiro atoms. The van der Waals surface area contributed by atoms with Gasteiger partial charge < -0.3 is 10.4 Å². The van der Waals surface area contributed by atoms with Crippen LogP contribution in [0.3, 0.4) is 0 Å². The first-order valence-electron chi connectivity index (χ1n) is 5.12. The largest absolute Gasteiger partial charge is 0.508 e. The van der Waals surface area contributed by atoms with Gasteiger partial charge in [0.05, 0.1) is 15.6 Å². The van der Waals surface area contributed by atoms with Crippen molar-refractivity contribution >= 4 is 34.8 Å². The van der Waals surface area contributed by atoms with Gasteiger partial charge in [-0.3, -0.25) is 4.79 Å². The quantitative estimate of drug-likeness (QED) is 0.819. The van der Waals surface area contributed by atoms with Crippen LogP contribution in [0.2, 0.25) is 10.0 Å². The van der Waals surface area contributed by atoms with Crippen molar-refractivity contribution in [2.45, 2.75) is 0 Å². The molecule has 0 saturated carbocycles. The molecule has 0 aliphatic heterocycles. The number of hydrogen-bond donors (Lipinski definition) is 2. The Morgan fingerprint density at radius 1 is 1.00 bits per heavy atom. The number of phenols is 1. The first-order chi connectivity index (χ1) is 8.58. The fraction of sp³-hybridized carbons (Fsp3) is 0. The van der Waals surface area contributed by atoms with Crippen LogP contribution in [-0.2, 0) is 0 Å². The van der Waals surface area contributed by atoms with Crippen molar-refractivity contribution in [3.63, 3.8) is 0 Å². The molecule has 0 aliphatic rings. The second kappa shape index (κ2) is 5.29. The lowest BCUT2D eigenvalue weighted by Gasteiger charge is -2.08. The van der Waals surface area contributed by atoms with E-state index >= 15 is 0 Å². The summed E-state index contributed by atoms with van der Waals surface area (Å²) in [7, 11) is 0. The highest BCUT2D eigenvalue weighted by atomic mass is 35.5. The number of carbonyl (C=O) groups is 1. The first-order valence-corrected chi connectivity index (χ1v) is 5.88. The molecule has 2 rings (SSSR count). The summed E-state index contributed by atoms with van der Waals surface area (Å²) in [5.74, 6) is -0.264. The molecule has 0 fully saturated rings. The summed E-state index contributed by atoms with van der Waals surface area (Å²) in [5.41, 5.74) is 0.780. The Morgan fingerprint density at radius 3 is 2.11 bits per heavy atom. The summed E-state index contributed by atoms with van der Waals surface area (Å²) in [6, 6.07) is 11.0. The van der Waals surface area contributed by atoms with Crippen molar-refractivity contribution in [3.05, 3.63) is 58.1 Å². The van der Waals surface area contributed by atoms with Crippen molar-refractivity contribution in [2.75, 3.05) is 5.32 Å². The van der Waals surface area contributed by atoms with E-state index in [0.29, 0.717) is 15.7 Å². The molecule has 1 amide bonds. The topological polar surface area (TPSA) is 49.3 Å². The molecule has 0 unspecified atom stereocenters. The Kier molecular flexibility index (Phi) is 3.75. The molecule has 2 N–H and O–H groups in total. The number of benzene rings is 2. The summed E-state index contributed by atoms with van der Waals surface area (Å²) in [6.07, 6.45) is 0. The zero-order valence-electron chi connectivity index (χ0n) is 9.15. The van der Waals surface area contributed by atoms with Crippen LogP contribution in [0, 0.1) is 0 Å². The lowest BCUT2D eigenvalue weighted by Crippen LogP contribution is -2.12. The number of aromatic hydroxyl groups is 1. The molecule has 3 nitrogen and oxygen atoms in total. The third-order valence-corrected chi connectivity index (χ3v) is 2.94. The third kappa shape index (κ3) is 2.75. The van der Waals surface area contributed by atoms with Crippen molar-refractivity contribution < 1.29 is 9.90 Å². The normalized spacial score (nSPS) is 10.1. The highest BCUT2D eigenvalue weighted by Gasteiger charge is 2.14. The average Bonchev–Trinajstić information content (AvgIpc) is 2.32. The van der Waals surface area contributed by atoms with E-state index in [-0.39, 0.29) is 11.3 Å². The van der Waals surface area contributed by atoms with Gasteiger partial charge in [-0.05, 0) is 36.4 Å². The number of anilines is 1. The highest BCUT2D eigenvalue weighted by molar-refractivity contribution is 6.40. The van der Waals surface area contributed by atoms with E-state index in [0.717, 1.165) is 0 Å². The number of amides is 1. The molecule has 0 heterocycles. The second-order valence-corrected chi connectivity index (χ2v) is 4.41. The zero-order chi connectivity index (χ0) is 13.1. The van der Waals surface area contributed by atoms with E-state index in [1.165, 1.54) is 12.1 Å². The summed E-state index contributed by atoms with van der Waals surface area (Å²) in [4.78, 5) is 12.0. The van der Waals surface area contributed by atoms with E-state index in [4.69, 9.17) is 28.3 Å². The first kappa shape index (κ1) is 12.7. The lowest BCUT2D eigenvalue weighted by molar-refractivity contribution is 0.102. The molecule has 92 valence electrons. The Morgan fingerprint density at radius 2 is 1.56 bits per heavy atom. The molecule has 2 aromatic carbocycles. The Labute approximate surface area is 114 Å². The second-order valence-electron chi connectivity index (χ2n) is 3.60. The Balaban J connectivity index is 2.25. The molecule has 5 heteroatoms. The molecule has 0 radical (unpaired) electrons. The standard InChI is InChI=1S/C13H9Cl2NO2/c14-10-2-1-3-11(15)12(10)13(18)16-8-4-6-9(17)7-5-8/h1-7,17H,(H,16,18). The van der Waals surface area contributed by atoms with Gasteiger partial charge in [0, 0.05) is 5.69 Å². The number of halogens is 2. The van der Waals surface area contributed by atoms with Crippen LogP contribution in [0.15, 0.2) is 42.5 Å². The smallest absolute Gasteiger partial charge is 0.258 e. The molecule has 0 atom stereocenters. The molecule has 2 aromatic rings. The van der Waals surface area contributed by atoms with E-state index < -0.39 is 5.91 Å². The van der Waals surface area contributed by atoms with Gasteiger partial charge in [-0.2, -0.15) is 0 Å². The summed E-state index contributed by atoms with van der Waals surface area (Å²) in [6.45, 7) is 0. The Bertz CT molecular complexity index is 562. The molecule has 18 heavy (non-hydrogen) atoms. The van der Waals surface area contributed by atoms with Crippen LogP contribution >= 0.6 is 23.2 Å². The average molecular weight is 282 g/mol. The van der Waals surface area contributed by atoms with Crippen LogP contribution in [0.25, 0.3) is 0 Å². The maximum absolute atomic E-state index is 12.0. The van der Waals surface area contributed by atoms with Crippen LogP contribution in [0.5, 0.6) is 5.75 Å². The third-order valence-electron chi connectivity index (χ3n) is 2.31. The van der Waals surface area contributed by atoms with Crippen LogP contribution in [0.4, 0.5) is 5.69 Å². The Hall–Kier alpha value is -1.71. The van der Waals surface area contributed by atoms with E-state index in [1.54, 1.807) is 30.3 Å². The van der Waals surface area contributed by atoms with Crippen molar-refractivity contribution in [1.29, 1.82) is 0 Å². The summed E-state index contributed by atoms with van der Waals surface area (Å²) in [5, 5.41) is 12.4. The maximum atomic E-state index is 12.0. The van der Waals surface area contributed by atoms with Crippen molar-refractivity contribution in [1.82, 2.24) is 0 Å². The summed E-state index contributed by atoms with van der Waals surface area (Å²) < 4.78 is 0. The molecule has 0 aromatic heterocycles. The summed E-state index contributed by atoms with van der Waals surface area (Å²) >= 11 is 11.9. The number of hydrogen-bond acceptors (Lipinski definition) is 2. The van der Waals surface area contributed by atoms with Crippen molar-refractivity contribution in [2.24, 2.45) is 0 Å². The van der Waals surface area contributed by atoms with E-state index in [1.807, 2.05) is 0 Å². The highest BCUT2D eigenvalue weighted by Crippen LogP contribution is 2.25. The molecular weight excluding hydrogens is 273 g/mol. The van der Waals surface area contributed by atoms with E-state index in [9.17, 15) is 4.79 Å². The number of carbonyl (C=O) groups excluding carboxylic acids is 1. The maximum Gasteiger partial charge on any atom is 0.258 e. The van der Waals surface area contributed by atoms with Gasteiger partial charge in [-0.1, -0.05) is 29.3 Å². The monoisotopic (exact) mass is 281 g/mol. The van der Waals surface area contributed by atoms with Crippen LogP contribution in [0.1, 0.15) is 10.4 Å². The van der Waals surface area contributed by atoms with Gasteiger partial charge in [-0.15, -0.1) is 0 Å². The fourth-order valence-corrected chi connectivity index (χ4v) is 2.02. The minimum absolute atomic E-state index is 0.128. The number of phenolic OH excluding ortho intramolecular Hbond substituents is 1. The molecule has 0 aliphatic carbocycles. The number of nitrogens with one attached hydrogen (secondary N) is 1. The van der Waals surface area contributed by atoms with Gasteiger partial charge in [0.25, 0.3) is 5.91 Å². The molecule has 0 bridgehead atoms. The molecule has 0 saturated heterocycles. The fourth-order valence-electron chi connectivity index (χ4n) is 1.45. The van der Waals surface area contributed by atoms with Gasteiger partial charge in [-0.25, -0.2) is 0 Å². The van der Waals surface area contributed by atoms with E-state index in [2.05, 4.69) is 5.32 Å². The van der Waals surface area contributed by atoms with Crippen LogP contribution < -0.4 is 5.32 Å². The van der Waals surface area contributed by atoms with Gasteiger partial charge in [0.15, 0.2) is 0 Å². The van der Waals surface area contributed by atoms with Crippen molar-refractivity contribution in [3.8, 4) is 5.75 Å². The van der Waals surface area contributed by atoms with Crippen LogP contribution in [-0.4, -0.2) is 11.0 Å². The van der Waals surface area contributed by atoms with Gasteiger partial charge >= 0.3 is 0 Å². The van der Waals surface area contributed by atoms with Gasteiger partial charge in [0.2, 0.25) is 0 Å². The lowest BCUT2D eigenvalue weighted by atomic mass is 10.2. The SMILES string of the molecule is O=C(Nc1ccc(O)cc1)c1c(Cl)cccc1Cl. The minimum Gasteiger partial charge on any atom is -0.508 e. The molecular formula is C13H9Cl2NO2. The van der Waals surface area contributed by atoms with Gasteiger partial charge in [0.1, 0.15) is 5.75 Å². The minimum atomic E-state index is -0.392.